The number of benzene rings is 1. The zero-order chi connectivity index (χ0) is 14.3. The van der Waals surface area contributed by atoms with Crippen LogP contribution in [0.2, 0.25) is 0 Å². The third kappa shape index (κ3) is 2.44. The van der Waals surface area contributed by atoms with E-state index in [1.54, 1.807) is 13.0 Å². The molecule has 4 rings (SSSR count). The summed E-state index contributed by atoms with van der Waals surface area (Å²) >= 11 is 0. The minimum Gasteiger partial charge on any atom is -0.334 e. The molecule has 0 N–H and O–H groups in total. The maximum absolute atomic E-state index is 13.2. The standard InChI is InChI=1S/C16H21FN2O/c1-11-7-13(17)4-6-15(11)16(20)19-9-12-3-5-14(19)10-18(2)8-12/h4,6-7,12,14H,3,5,8-10H2,1-2H3/t12-,14+/m1/s1. The van der Waals surface area contributed by atoms with Gasteiger partial charge in [-0.1, -0.05) is 0 Å². The summed E-state index contributed by atoms with van der Waals surface area (Å²) in [5.74, 6) is 0.354. The summed E-state index contributed by atoms with van der Waals surface area (Å²) in [6, 6.07) is 4.74. The van der Waals surface area contributed by atoms with E-state index in [4.69, 9.17) is 0 Å². The molecule has 1 amide bonds. The first-order valence-electron chi connectivity index (χ1n) is 7.30. The van der Waals surface area contributed by atoms with Crippen molar-refractivity contribution >= 4 is 5.91 Å². The van der Waals surface area contributed by atoms with Crippen LogP contribution in [0.5, 0.6) is 0 Å². The number of halogens is 1. The highest BCUT2D eigenvalue weighted by Crippen LogP contribution is 2.29. The lowest BCUT2D eigenvalue weighted by Gasteiger charge is -2.36. The number of rotatable bonds is 1. The summed E-state index contributed by atoms with van der Waals surface area (Å²) < 4.78 is 13.2. The van der Waals surface area contributed by atoms with E-state index >= 15 is 0 Å². The van der Waals surface area contributed by atoms with E-state index in [2.05, 4.69) is 11.9 Å². The molecule has 3 nitrogen and oxygen atoms in total. The van der Waals surface area contributed by atoms with Crippen molar-refractivity contribution < 1.29 is 9.18 Å². The summed E-state index contributed by atoms with van der Waals surface area (Å²) in [4.78, 5) is 17.1. The quantitative estimate of drug-likeness (QED) is 0.786. The summed E-state index contributed by atoms with van der Waals surface area (Å²) in [5, 5.41) is 0. The van der Waals surface area contributed by atoms with Crippen molar-refractivity contribution in [2.75, 3.05) is 26.7 Å². The molecule has 3 aliphatic heterocycles. The molecule has 1 aromatic rings. The van der Waals surface area contributed by atoms with Crippen molar-refractivity contribution in [1.29, 1.82) is 0 Å². The van der Waals surface area contributed by atoms with Crippen LogP contribution < -0.4 is 0 Å². The third-order valence-corrected chi connectivity index (χ3v) is 4.58. The molecule has 3 heterocycles. The molecule has 1 aromatic carbocycles. The average molecular weight is 276 g/mol. The third-order valence-electron chi connectivity index (χ3n) is 4.58. The number of amides is 1. The Morgan fingerprint density at radius 2 is 2.05 bits per heavy atom. The van der Waals surface area contributed by atoms with Crippen molar-refractivity contribution in [3.05, 3.63) is 35.1 Å². The van der Waals surface area contributed by atoms with Gasteiger partial charge in [0, 0.05) is 31.2 Å². The number of piperidine rings is 1. The van der Waals surface area contributed by atoms with Crippen LogP contribution in [-0.4, -0.2) is 48.4 Å². The molecule has 20 heavy (non-hydrogen) atoms. The monoisotopic (exact) mass is 276 g/mol. The minimum absolute atomic E-state index is 0.0625. The van der Waals surface area contributed by atoms with E-state index in [1.807, 2.05) is 4.90 Å². The lowest BCUT2D eigenvalue weighted by Crippen LogP contribution is -2.47. The van der Waals surface area contributed by atoms with Crippen molar-refractivity contribution in [2.24, 2.45) is 5.92 Å². The molecule has 3 fully saturated rings. The fraction of sp³-hybridized carbons (Fsp3) is 0.562. The minimum atomic E-state index is -0.281. The van der Waals surface area contributed by atoms with Gasteiger partial charge < -0.3 is 9.80 Å². The number of hydrogen-bond donors (Lipinski definition) is 0. The number of likely N-dealkylation sites (N-methyl/N-ethyl adjacent to an activating group) is 1. The number of hydrogen-bond acceptors (Lipinski definition) is 2. The van der Waals surface area contributed by atoms with Crippen molar-refractivity contribution in [2.45, 2.75) is 25.8 Å². The van der Waals surface area contributed by atoms with Crippen LogP contribution in [0, 0.1) is 18.7 Å². The van der Waals surface area contributed by atoms with Crippen LogP contribution in [0.15, 0.2) is 18.2 Å². The number of carbonyl (C=O) groups is 1. The van der Waals surface area contributed by atoms with E-state index in [9.17, 15) is 9.18 Å². The molecule has 3 saturated heterocycles. The van der Waals surface area contributed by atoms with Crippen molar-refractivity contribution in [3.8, 4) is 0 Å². The van der Waals surface area contributed by atoms with E-state index in [0.29, 0.717) is 17.5 Å². The second-order valence-electron chi connectivity index (χ2n) is 6.24. The van der Waals surface area contributed by atoms with Gasteiger partial charge in [-0.15, -0.1) is 0 Å². The number of carbonyl (C=O) groups excluding carboxylic acids is 1. The van der Waals surface area contributed by atoms with Gasteiger partial charge in [0.05, 0.1) is 0 Å². The molecular weight excluding hydrogens is 255 g/mol. The number of aryl methyl sites for hydroxylation is 1. The predicted octanol–water partition coefficient (Wildman–Crippen LogP) is 2.30. The summed E-state index contributed by atoms with van der Waals surface area (Å²) in [7, 11) is 2.13. The first-order chi connectivity index (χ1) is 9.54. The van der Waals surface area contributed by atoms with Crippen LogP contribution in [0.25, 0.3) is 0 Å². The Bertz CT molecular complexity index is 531. The largest absolute Gasteiger partial charge is 0.334 e. The Hall–Kier alpha value is -1.42. The molecular formula is C16H21FN2O. The van der Waals surface area contributed by atoms with Gasteiger partial charge in [-0.05, 0) is 56.5 Å². The van der Waals surface area contributed by atoms with Crippen molar-refractivity contribution in [3.63, 3.8) is 0 Å². The van der Waals surface area contributed by atoms with E-state index in [0.717, 1.165) is 31.6 Å². The highest BCUT2D eigenvalue weighted by Gasteiger charge is 2.36. The van der Waals surface area contributed by atoms with Gasteiger partial charge in [0.15, 0.2) is 0 Å². The highest BCUT2D eigenvalue weighted by molar-refractivity contribution is 5.96. The van der Waals surface area contributed by atoms with Crippen LogP contribution in [-0.2, 0) is 0 Å². The summed E-state index contributed by atoms with van der Waals surface area (Å²) in [6.45, 7) is 4.66. The predicted molar refractivity (Wildman–Crippen MR) is 76.2 cm³/mol. The molecule has 0 saturated carbocycles. The molecule has 0 aromatic heterocycles. The molecule has 0 spiro atoms. The van der Waals surface area contributed by atoms with Crippen molar-refractivity contribution in [1.82, 2.24) is 9.80 Å². The Balaban J connectivity index is 1.87. The van der Waals surface area contributed by atoms with E-state index in [1.165, 1.54) is 18.6 Å². The fourth-order valence-electron chi connectivity index (χ4n) is 3.59. The van der Waals surface area contributed by atoms with Gasteiger partial charge >= 0.3 is 0 Å². The Kier molecular flexibility index (Phi) is 3.50. The zero-order valence-corrected chi connectivity index (χ0v) is 12.1. The molecule has 2 atom stereocenters. The maximum atomic E-state index is 13.2. The maximum Gasteiger partial charge on any atom is 0.254 e. The van der Waals surface area contributed by atoms with Crippen LogP contribution in [0.1, 0.15) is 28.8 Å². The highest BCUT2D eigenvalue weighted by atomic mass is 19.1. The number of nitrogens with zero attached hydrogens (tertiary/aromatic N) is 2. The number of fused-ring (bicyclic) bond motifs is 4. The fourth-order valence-corrected chi connectivity index (χ4v) is 3.59. The molecule has 2 bridgehead atoms. The first kappa shape index (κ1) is 13.6. The molecule has 0 aliphatic carbocycles. The molecule has 3 aliphatic rings. The Morgan fingerprint density at radius 1 is 1.25 bits per heavy atom. The van der Waals surface area contributed by atoms with E-state index < -0.39 is 0 Å². The van der Waals surface area contributed by atoms with Gasteiger partial charge in [-0.3, -0.25) is 4.79 Å². The van der Waals surface area contributed by atoms with Gasteiger partial charge in [0.1, 0.15) is 5.82 Å². The van der Waals surface area contributed by atoms with Gasteiger partial charge in [-0.2, -0.15) is 0 Å². The van der Waals surface area contributed by atoms with Crippen LogP contribution in [0.4, 0.5) is 4.39 Å². The summed E-state index contributed by atoms with van der Waals surface area (Å²) in [6.07, 6.45) is 2.29. The average Bonchev–Trinajstić information content (AvgIpc) is 2.66. The van der Waals surface area contributed by atoms with Gasteiger partial charge in [0.2, 0.25) is 0 Å². The zero-order valence-electron chi connectivity index (χ0n) is 12.1. The molecule has 0 radical (unpaired) electrons. The Morgan fingerprint density at radius 3 is 2.80 bits per heavy atom. The molecule has 0 unspecified atom stereocenters. The molecule has 4 heteroatoms. The SMILES string of the molecule is Cc1cc(F)ccc1C(=O)N1C[C@@H]2CC[C@H]1CN(C)C2. The van der Waals surface area contributed by atoms with Crippen LogP contribution in [0.3, 0.4) is 0 Å². The second kappa shape index (κ2) is 5.17. The van der Waals surface area contributed by atoms with E-state index in [-0.39, 0.29) is 11.7 Å². The smallest absolute Gasteiger partial charge is 0.254 e. The normalized spacial score (nSPS) is 26.6. The Labute approximate surface area is 119 Å². The van der Waals surface area contributed by atoms with Crippen LogP contribution >= 0.6 is 0 Å². The lowest BCUT2D eigenvalue weighted by atomic mass is 9.94. The second-order valence-corrected chi connectivity index (χ2v) is 6.24. The van der Waals surface area contributed by atoms with Gasteiger partial charge in [0.25, 0.3) is 5.91 Å². The topological polar surface area (TPSA) is 23.6 Å². The van der Waals surface area contributed by atoms with Gasteiger partial charge in [-0.25, -0.2) is 4.39 Å². The summed E-state index contributed by atoms with van der Waals surface area (Å²) in [5.41, 5.74) is 1.37. The first-order valence-corrected chi connectivity index (χ1v) is 7.30. The molecule has 108 valence electrons. The lowest BCUT2D eigenvalue weighted by molar-refractivity contribution is 0.0586.